The fourth-order valence-electron chi connectivity index (χ4n) is 1.15. The van der Waals surface area contributed by atoms with Gasteiger partial charge in [-0.3, -0.25) is 0 Å². The first-order valence-corrected chi connectivity index (χ1v) is 5.69. The van der Waals surface area contributed by atoms with E-state index in [9.17, 15) is 9.59 Å². The van der Waals surface area contributed by atoms with E-state index in [0.717, 1.165) is 9.65 Å². The maximum absolute atomic E-state index is 11.0. The van der Waals surface area contributed by atoms with Crippen molar-refractivity contribution in [1.82, 2.24) is 0 Å². The Labute approximate surface area is 111 Å². The third kappa shape index (κ3) is 4.39. The molecule has 4 nitrogen and oxygen atoms in total. The molecule has 0 aliphatic carbocycles. The van der Waals surface area contributed by atoms with E-state index in [-0.39, 0.29) is 5.57 Å². The summed E-state index contributed by atoms with van der Waals surface area (Å²) in [4.78, 5) is 21.3. The predicted molar refractivity (Wildman–Crippen MR) is 71.5 cm³/mol. The Balaban J connectivity index is 3.05. The summed E-state index contributed by atoms with van der Waals surface area (Å²) in [7, 11) is 0. The van der Waals surface area contributed by atoms with Gasteiger partial charge in [0.25, 0.3) is 0 Å². The van der Waals surface area contributed by atoms with Crippen molar-refractivity contribution in [2.75, 3.05) is 0 Å². The number of rotatable bonds is 4. The molecular formula is C12H9IO4. The highest BCUT2D eigenvalue weighted by atomic mass is 127. The van der Waals surface area contributed by atoms with Gasteiger partial charge in [0.2, 0.25) is 0 Å². The molecule has 0 radical (unpaired) electrons. The lowest BCUT2D eigenvalue weighted by atomic mass is 10.1. The third-order valence-corrected chi connectivity index (χ3v) is 2.61. The first-order valence-electron chi connectivity index (χ1n) is 4.61. The van der Waals surface area contributed by atoms with Crippen LogP contribution in [0.3, 0.4) is 0 Å². The molecule has 0 bridgehead atoms. The van der Waals surface area contributed by atoms with Crippen LogP contribution in [0.2, 0.25) is 0 Å². The van der Waals surface area contributed by atoms with E-state index in [1.807, 2.05) is 0 Å². The normalized spacial score (nSPS) is 11.7. The first kappa shape index (κ1) is 13.4. The number of hydrogen-bond acceptors (Lipinski definition) is 2. The summed E-state index contributed by atoms with van der Waals surface area (Å²) < 4.78 is 0.997. The largest absolute Gasteiger partial charge is 0.478 e. The number of halogens is 1. The Morgan fingerprint density at radius 3 is 2.18 bits per heavy atom. The summed E-state index contributed by atoms with van der Waals surface area (Å²) in [6.45, 7) is 0. The van der Waals surface area contributed by atoms with Crippen molar-refractivity contribution in [3.63, 3.8) is 0 Å². The minimum atomic E-state index is -1.12. The second-order valence-corrected chi connectivity index (χ2v) is 4.34. The summed E-state index contributed by atoms with van der Waals surface area (Å²) in [5.41, 5.74) is 0.590. The lowest BCUT2D eigenvalue weighted by Crippen LogP contribution is -1.99. The Bertz CT molecular complexity index is 486. The molecule has 0 heterocycles. The molecule has 0 saturated carbocycles. The van der Waals surface area contributed by atoms with Crippen molar-refractivity contribution >= 4 is 40.1 Å². The number of benzene rings is 1. The van der Waals surface area contributed by atoms with Crippen LogP contribution in [-0.2, 0) is 9.59 Å². The van der Waals surface area contributed by atoms with Crippen LogP contribution in [-0.4, -0.2) is 22.2 Å². The number of hydrogen-bond donors (Lipinski definition) is 2. The summed E-state index contributed by atoms with van der Waals surface area (Å²) in [6, 6.07) is 6.92. The van der Waals surface area contributed by atoms with Crippen molar-refractivity contribution in [2.45, 2.75) is 0 Å². The lowest BCUT2D eigenvalue weighted by Gasteiger charge is -2.01. The molecule has 2 N–H and O–H groups in total. The summed E-state index contributed by atoms with van der Waals surface area (Å²) in [5.74, 6) is -2.21. The van der Waals surface area contributed by atoms with Crippen LogP contribution in [0.4, 0.5) is 0 Å². The zero-order valence-corrected chi connectivity index (χ0v) is 10.8. The van der Waals surface area contributed by atoms with Gasteiger partial charge in [0.05, 0.1) is 5.57 Å². The molecule has 0 aromatic heterocycles. The molecule has 1 aromatic rings. The summed E-state index contributed by atoms with van der Waals surface area (Å²) in [5, 5.41) is 17.4. The maximum atomic E-state index is 11.0. The highest BCUT2D eigenvalue weighted by Gasteiger charge is 2.08. The van der Waals surface area contributed by atoms with Gasteiger partial charge in [-0.15, -0.1) is 0 Å². The first-order chi connectivity index (χ1) is 8.00. The van der Waals surface area contributed by atoms with Crippen LogP contribution in [0.1, 0.15) is 5.56 Å². The molecule has 0 aliphatic rings. The van der Waals surface area contributed by atoms with E-state index in [0.29, 0.717) is 5.56 Å². The highest BCUT2D eigenvalue weighted by Crippen LogP contribution is 2.16. The van der Waals surface area contributed by atoms with Crippen molar-refractivity contribution in [1.29, 1.82) is 0 Å². The van der Waals surface area contributed by atoms with Gasteiger partial charge >= 0.3 is 11.9 Å². The third-order valence-electron chi connectivity index (χ3n) is 1.89. The molecule has 0 fully saturated rings. The van der Waals surface area contributed by atoms with Gasteiger partial charge < -0.3 is 10.2 Å². The standard InChI is InChI=1S/C12H9IO4/c13-9-6-4-8(5-7-9)10(12(16)17)2-1-3-11(14)15/h1-7H,(H,14,15)(H,16,17). The molecule has 17 heavy (non-hydrogen) atoms. The van der Waals surface area contributed by atoms with Crippen molar-refractivity contribution < 1.29 is 19.8 Å². The molecule has 0 spiro atoms. The minimum Gasteiger partial charge on any atom is -0.478 e. The molecule has 0 saturated heterocycles. The number of aliphatic carboxylic acids is 2. The smallest absolute Gasteiger partial charge is 0.336 e. The van der Waals surface area contributed by atoms with Gasteiger partial charge in [-0.25, -0.2) is 9.59 Å². The fraction of sp³-hybridized carbons (Fsp3) is 0. The highest BCUT2D eigenvalue weighted by molar-refractivity contribution is 14.1. The molecule has 0 aliphatic heterocycles. The van der Waals surface area contributed by atoms with Crippen molar-refractivity contribution in [3.8, 4) is 0 Å². The number of carboxylic acids is 2. The van der Waals surface area contributed by atoms with Crippen LogP contribution in [0.5, 0.6) is 0 Å². The van der Waals surface area contributed by atoms with Crippen molar-refractivity contribution in [2.24, 2.45) is 0 Å². The Hall–Kier alpha value is -1.63. The van der Waals surface area contributed by atoms with Crippen LogP contribution in [0.25, 0.3) is 5.57 Å². The minimum absolute atomic E-state index is 0.0545. The van der Waals surface area contributed by atoms with Crippen LogP contribution < -0.4 is 0 Å². The Morgan fingerprint density at radius 1 is 1.12 bits per heavy atom. The van der Waals surface area contributed by atoms with E-state index < -0.39 is 11.9 Å². The second-order valence-electron chi connectivity index (χ2n) is 3.09. The summed E-state index contributed by atoms with van der Waals surface area (Å²) in [6.07, 6.45) is 3.35. The molecule has 0 amide bonds. The SMILES string of the molecule is O=C(O)C=CC=C(C(=O)O)c1ccc(I)cc1. The zero-order valence-electron chi connectivity index (χ0n) is 8.63. The van der Waals surface area contributed by atoms with Gasteiger partial charge in [-0.1, -0.05) is 18.2 Å². The van der Waals surface area contributed by atoms with Crippen molar-refractivity contribution in [3.05, 3.63) is 51.6 Å². The van der Waals surface area contributed by atoms with E-state index >= 15 is 0 Å². The molecule has 88 valence electrons. The maximum Gasteiger partial charge on any atom is 0.336 e. The molecular weight excluding hydrogens is 335 g/mol. The fourth-order valence-corrected chi connectivity index (χ4v) is 1.51. The predicted octanol–water partition coefficient (Wildman–Crippen LogP) is 2.40. The van der Waals surface area contributed by atoms with Gasteiger partial charge in [0.15, 0.2) is 0 Å². The van der Waals surface area contributed by atoms with Crippen LogP contribution in [0, 0.1) is 3.57 Å². The summed E-state index contributed by atoms with van der Waals surface area (Å²) >= 11 is 2.12. The Kier molecular flexibility index (Phi) is 4.89. The van der Waals surface area contributed by atoms with E-state index in [2.05, 4.69) is 22.6 Å². The lowest BCUT2D eigenvalue weighted by molar-refractivity contribution is -0.132. The monoisotopic (exact) mass is 344 g/mol. The van der Waals surface area contributed by atoms with Gasteiger partial charge in [-0.2, -0.15) is 0 Å². The van der Waals surface area contributed by atoms with Crippen LogP contribution >= 0.6 is 22.6 Å². The zero-order chi connectivity index (χ0) is 12.8. The average molecular weight is 344 g/mol. The molecule has 0 unspecified atom stereocenters. The van der Waals surface area contributed by atoms with Crippen LogP contribution in [0.15, 0.2) is 42.5 Å². The van der Waals surface area contributed by atoms with Gasteiger partial charge in [0.1, 0.15) is 0 Å². The van der Waals surface area contributed by atoms with Gasteiger partial charge in [-0.05, 0) is 46.4 Å². The molecule has 0 atom stereocenters. The number of carboxylic acid groups (broad SMARTS) is 2. The van der Waals surface area contributed by atoms with E-state index in [1.165, 1.54) is 12.2 Å². The number of allylic oxidation sites excluding steroid dienone is 2. The average Bonchev–Trinajstić information content (AvgIpc) is 2.25. The molecule has 1 aromatic carbocycles. The number of carbonyl (C=O) groups is 2. The second kappa shape index (κ2) is 6.19. The Morgan fingerprint density at radius 2 is 1.71 bits per heavy atom. The van der Waals surface area contributed by atoms with E-state index in [1.54, 1.807) is 24.3 Å². The topological polar surface area (TPSA) is 74.6 Å². The van der Waals surface area contributed by atoms with Gasteiger partial charge in [0, 0.05) is 9.65 Å². The quantitative estimate of drug-likeness (QED) is 0.500. The van der Waals surface area contributed by atoms with E-state index in [4.69, 9.17) is 10.2 Å². The molecule has 1 rings (SSSR count). The molecule has 5 heteroatoms.